The van der Waals surface area contributed by atoms with Crippen LogP contribution in [0.25, 0.3) is 0 Å². The van der Waals surface area contributed by atoms with Crippen LogP contribution in [0.3, 0.4) is 0 Å². The molecule has 0 saturated heterocycles. The molecule has 0 radical (unpaired) electrons. The SMILES string of the molecule is COc1ccc([N+](=O)[O-])cc1N(CCC(=O)O)S(=O)(=O)c1cc(Cl)ccc1Cl. The molecular weight excluding hydrogens is 435 g/mol. The van der Waals surface area contributed by atoms with Gasteiger partial charge in [0.05, 0.1) is 23.5 Å². The van der Waals surface area contributed by atoms with Crippen LogP contribution in [-0.4, -0.2) is 38.1 Å². The molecule has 1 N–H and O–H groups in total. The number of nitro groups is 1. The van der Waals surface area contributed by atoms with Crippen molar-refractivity contribution >= 4 is 50.6 Å². The monoisotopic (exact) mass is 448 g/mol. The molecule has 0 atom stereocenters. The Morgan fingerprint density at radius 1 is 1.25 bits per heavy atom. The third-order valence-corrected chi connectivity index (χ3v) is 6.16. The molecule has 28 heavy (non-hydrogen) atoms. The van der Waals surface area contributed by atoms with Crippen molar-refractivity contribution < 1.29 is 28.0 Å². The first kappa shape index (κ1) is 21.7. The van der Waals surface area contributed by atoms with E-state index >= 15 is 0 Å². The summed E-state index contributed by atoms with van der Waals surface area (Å²) in [6.45, 7) is -0.516. The first-order chi connectivity index (χ1) is 13.1. The molecule has 9 nitrogen and oxygen atoms in total. The zero-order valence-electron chi connectivity index (χ0n) is 14.3. The van der Waals surface area contributed by atoms with Crippen LogP contribution in [0.2, 0.25) is 10.0 Å². The number of carbonyl (C=O) groups is 1. The lowest BCUT2D eigenvalue weighted by Gasteiger charge is -2.26. The molecule has 0 aromatic heterocycles. The number of carboxylic acid groups (broad SMARTS) is 1. The predicted molar refractivity (Wildman–Crippen MR) is 103 cm³/mol. The molecule has 0 aliphatic carbocycles. The molecule has 2 aromatic rings. The summed E-state index contributed by atoms with van der Waals surface area (Å²) >= 11 is 11.9. The minimum Gasteiger partial charge on any atom is -0.495 e. The fourth-order valence-corrected chi connectivity index (χ4v) is 4.56. The highest BCUT2D eigenvalue weighted by molar-refractivity contribution is 7.93. The lowest BCUT2D eigenvalue weighted by Crippen LogP contribution is -2.33. The summed E-state index contributed by atoms with van der Waals surface area (Å²) in [5, 5.41) is 20.1. The summed E-state index contributed by atoms with van der Waals surface area (Å²) in [5.41, 5.74) is -0.600. The van der Waals surface area contributed by atoms with Crippen molar-refractivity contribution in [2.75, 3.05) is 18.0 Å². The molecule has 0 spiro atoms. The number of hydrogen-bond acceptors (Lipinski definition) is 6. The zero-order chi connectivity index (χ0) is 21.1. The van der Waals surface area contributed by atoms with Crippen molar-refractivity contribution in [3.05, 3.63) is 56.6 Å². The fraction of sp³-hybridized carbons (Fsp3) is 0.188. The van der Waals surface area contributed by atoms with E-state index in [2.05, 4.69) is 0 Å². The van der Waals surface area contributed by atoms with Gasteiger partial charge in [0.15, 0.2) is 0 Å². The lowest BCUT2D eigenvalue weighted by molar-refractivity contribution is -0.384. The van der Waals surface area contributed by atoms with Crippen LogP contribution in [0.15, 0.2) is 41.3 Å². The van der Waals surface area contributed by atoms with Gasteiger partial charge in [-0.3, -0.25) is 19.2 Å². The normalized spacial score (nSPS) is 11.1. The number of hydrogen-bond donors (Lipinski definition) is 1. The minimum absolute atomic E-state index is 0.00212. The van der Waals surface area contributed by atoms with E-state index in [1.165, 1.54) is 25.3 Å². The predicted octanol–water partition coefficient (Wildman–Crippen LogP) is 3.58. The number of anilines is 1. The standard InChI is InChI=1S/C16H14Cl2N2O7S/c1-27-14-5-3-11(20(23)24)9-13(14)19(7-6-16(21)22)28(25,26)15-8-10(17)2-4-12(15)18/h2-5,8-9H,6-7H2,1H3,(H,21,22). The second-order valence-corrected chi connectivity index (χ2v) is 8.08. The van der Waals surface area contributed by atoms with Gasteiger partial charge in [0.1, 0.15) is 16.3 Å². The maximum atomic E-state index is 13.2. The number of non-ortho nitro benzene ring substituents is 1. The highest BCUT2D eigenvalue weighted by atomic mass is 35.5. The van der Waals surface area contributed by atoms with Gasteiger partial charge in [0, 0.05) is 23.7 Å². The van der Waals surface area contributed by atoms with Gasteiger partial charge in [-0.2, -0.15) is 0 Å². The Kier molecular flexibility index (Phi) is 6.70. The molecule has 0 unspecified atom stereocenters. The topological polar surface area (TPSA) is 127 Å². The lowest BCUT2D eigenvalue weighted by atomic mass is 10.2. The van der Waals surface area contributed by atoms with Crippen molar-refractivity contribution in [3.8, 4) is 5.75 Å². The van der Waals surface area contributed by atoms with Crippen LogP contribution >= 0.6 is 23.2 Å². The van der Waals surface area contributed by atoms with Crippen molar-refractivity contribution in [2.24, 2.45) is 0 Å². The van der Waals surface area contributed by atoms with E-state index in [0.29, 0.717) is 4.31 Å². The van der Waals surface area contributed by atoms with Gasteiger partial charge in [-0.15, -0.1) is 0 Å². The van der Waals surface area contributed by atoms with Crippen molar-refractivity contribution in [2.45, 2.75) is 11.3 Å². The van der Waals surface area contributed by atoms with E-state index in [9.17, 15) is 23.3 Å². The molecule has 150 valence electrons. The summed E-state index contributed by atoms with van der Waals surface area (Å²) in [4.78, 5) is 21.1. The van der Waals surface area contributed by atoms with Gasteiger partial charge in [-0.25, -0.2) is 8.42 Å². The number of ether oxygens (including phenoxy) is 1. The Bertz CT molecular complexity index is 1030. The molecule has 2 rings (SSSR count). The number of halogens is 2. The first-order valence-electron chi connectivity index (χ1n) is 7.60. The van der Waals surface area contributed by atoms with Crippen LogP contribution < -0.4 is 9.04 Å². The Hall–Kier alpha value is -2.56. The van der Waals surface area contributed by atoms with Crippen molar-refractivity contribution in [1.29, 1.82) is 0 Å². The summed E-state index contributed by atoms with van der Waals surface area (Å²) in [7, 11) is -3.18. The van der Waals surface area contributed by atoms with Gasteiger partial charge in [0.2, 0.25) is 0 Å². The van der Waals surface area contributed by atoms with Crippen LogP contribution in [0.4, 0.5) is 11.4 Å². The second-order valence-electron chi connectivity index (χ2n) is 5.41. The highest BCUT2D eigenvalue weighted by Gasteiger charge is 2.31. The van der Waals surface area contributed by atoms with E-state index in [0.717, 1.165) is 18.2 Å². The van der Waals surface area contributed by atoms with Gasteiger partial charge in [0.25, 0.3) is 15.7 Å². The first-order valence-corrected chi connectivity index (χ1v) is 9.79. The van der Waals surface area contributed by atoms with Gasteiger partial charge in [-0.1, -0.05) is 23.2 Å². The van der Waals surface area contributed by atoms with Crippen LogP contribution in [-0.2, 0) is 14.8 Å². The molecule has 0 amide bonds. The Balaban J connectivity index is 2.72. The summed E-state index contributed by atoms with van der Waals surface area (Å²) in [5.74, 6) is -1.26. The molecule has 12 heteroatoms. The van der Waals surface area contributed by atoms with Crippen molar-refractivity contribution in [3.63, 3.8) is 0 Å². The smallest absolute Gasteiger partial charge is 0.305 e. The molecule has 0 heterocycles. The van der Waals surface area contributed by atoms with E-state index in [-0.39, 0.29) is 26.4 Å². The number of sulfonamides is 1. The summed E-state index contributed by atoms with van der Waals surface area (Å²) in [6.07, 6.45) is -0.566. The third kappa shape index (κ3) is 4.64. The Morgan fingerprint density at radius 2 is 1.93 bits per heavy atom. The second kappa shape index (κ2) is 8.63. The molecule has 0 saturated carbocycles. The average Bonchev–Trinajstić information content (AvgIpc) is 2.63. The summed E-state index contributed by atoms with van der Waals surface area (Å²) in [6, 6.07) is 7.11. The number of aliphatic carboxylic acids is 1. The summed E-state index contributed by atoms with van der Waals surface area (Å²) < 4.78 is 32.3. The van der Waals surface area contributed by atoms with Crippen LogP contribution in [0.5, 0.6) is 5.75 Å². The van der Waals surface area contributed by atoms with Gasteiger partial charge < -0.3 is 9.84 Å². The number of methoxy groups -OCH3 is 1. The maximum absolute atomic E-state index is 13.2. The number of nitro benzene ring substituents is 1. The molecule has 0 bridgehead atoms. The van der Waals surface area contributed by atoms with E-state index in [4.69, 9.17) is 33.0 Å². The van der Waals surface area contributed by atoms with Gasteiger partial charge >= 0.3 is 5.97 Å². The Morgan fingerprint density at radius 3 is 2.50 bits per heavy atom. The molecule has 0 aliphatic rings. The van der Waals surface area contributed by atoms with Crippen LogP contribution in [0, 0.1) is 10.1 Å². The number of nitrogens with zero attached hydrogens (tertiary/aromatic N) is 2. The van der Waals surface area contributed by atoms with E-state index < -0.39 is 39.6 Å². The number of carboxylic acids is 1. The molecule has 2 aromatic carbocycles. The van der Waals surface area contributed by atoms with Crippen molar-refractivity contribution in [1.82, 2.24) is 0 Å². The van der Waals surface area contributed by atoms with Crippen LogP contribution in [0.1, 0.15) is 6.42 Å². The number of rotatable bonds is 8. The maximum Gasteiger partial charge on any atom is 0.305 e. The molecular formula is C16H14Cl2N2O7S. The quantitative estimate of drug-likeness (QED) is 0.482. The highest BCUT2D eigenvalue weighted by Crippen LogP contribution is 2.37. The Labute approximate surface area is 170 Å². The van der Waals surface area contributed by atoms with Gasteiger partial charge in [-0.05, 0) is 24.3 Å². The third-order valence-electron chi connectivity index (χ3n) is 3.63. The largest absolute Gasteiger partial charge is 0.495 e. The molecule has 0 aliphatic heterocycles. The number of benzene rings is 2. The molecule has 0 fully saturated rings. The average molecular weight is 449 g/mol. The van der Waals surface area contributed by atoms with E-state index in [1.54, 1.807) is 0 Å². The zero-order valence-corrected chi connectivity index (χ0v) is 16.7. The fourth-order valence-electron chi connectivity index (χ4n) is 2.35. The van der Waals surface area contributed by atoms with E-state index in [1.807, 2.05) is 0 Å². The minimum atomic E-state index is -4.43.